The molecule has 10 heteroatoms. The van der Waals surface area contributed by atoms with Gasteiger partial charge in [0.05, 0.1) is 16.8 Å². The van der Waals surface area contributed by atoms with E-state index in [0.29, 0.717) is 6.42 Å². The maximum Gasteiger partial charge on any atom is 0.225 e. The number of hydrogen-bond donors (Lipinski definition) is 5. The quantitative estimate of drug-likeness (QED) is 0.206. The highest BCUT2D eigenvalue weighted by Crippen LogP contribution is 2.60. The van der Waals surface area contributed by atoms with Gasteiger partial charge in [0.1, 0.15) is 11.2 Å². The number of hydrogen-bond acceptors (Lipinski definition) is 9. The number of rotatable bonds is 4. The average molecular weight is 448 g/mol. The van der Waals surface area contributed by atoms with Crippen molar-refractivity contribution in [2.24, 2.45) is 5.92 Å². The molecule has 2 aromatic rings. The molecular formula is C20H22ClN5O3S. The smallest absolute Gasteiger partial charge is 0.225 e. The number of fused-ring (bicyclic) bond motifs is 1. The number of nitrogens with zero attached hydrogens (tertiary/aromatic N) is 3. The molecule has 0 amide bonds. The number of anilines is 2. The minimum Gasteiger partial charge on any atom is -0.390 e. The lowest BCUT2D eigenvalue weighted by molar-refractivity contribution is -0.0852. The Morgan fingerprint density at radius 2 is 2.00 bits per heavy atom. The molecule has 0 aromatic carbocycles. The van der Waals surface area contributed by atoms with Gasteiger partial charge in [-0.25, -0.2) is 4.98 Å². The van der Waals surface area contributed by atoms with Gasteiger partial charge in [0.15, 0.2) is 16.7 Å². The van der Waals surface area contributed by atoms with Gasteiger partial charge in [0.2, 0.25) is 5.95 Å². The summed E-state index contributed by atoms with van der Waals surface area (Å²) in [5.74, 6) is 6.05. The Bertz CT molecular complexity index is 1070. The lowest BCUT2D eigenvalue weighted by Gasteiger charge is -2.32. The number of aliphatic hydroxyl groups excluding tert-OH is 1. The fourth-order valence-corrected chi connectivity index (χ4v) is 4.59. The SMILES string of the molecule is CNc1nc(Cl)c(C#Cc2ccc(SC)nc2C)c(NC2(O)CCC3C(O)C32O)n1. The molecule has 2 aliphatic rings. The third kappa shape index (κ3) is 3.29. The molecule has 0 aliphatic heterocycles. The minimum atomic E-state index is -1.74. The molecule has 2 saturated carbocycles. The molecule has 2 aromatic heterocycles. The molecule has 0 spiro atoms. The molecular weight excluding hydrogens is 426 g/mol. The van der Waals surface area contributed by atoms with Crippen molar-refractivity contribution < 1.29 is 15.3 Å². The van der Waals surface area contributed by atoms with Crippen molar-refractivity contribution in [1.29, 1.82) is 0 Å². The first-order chi connectivity index (χ1) is 14.2. The second kappa shape index (κ2) is 7.55. The number of aliphatic hydroxyl groups is 3. The van der Waals surface area contributed by atoms with Gasteiger partial charge >= 0.3 is 0 Å². The Morgan fingerprint density at radius 3 is 2.60 bits per heavy atom. The number of thioether (sulfide) groups is 1. The van der Waals surface area contributed by atoms with Crippen LogP contribution in [0.15, 0.2) is 17.2 Å². The van der Waals surface area contributed by atoms with Gasteiger partial charge in [-0.2, -0.15) is 9.97 Å². The van der Waals surface area contributed by atoms with E-state index in [1.165, 1.54) is 0 Å². The van der Waals surface area contributed by atoms with Crippen molar-refractivity contribution in [2.75, 3.05) is 23.9 Å². The summed E-state index contributed by atoms with van der Waals surface area (Å²) in [5.41, 5.74) is -1.58. The molecule has 30 heavy (non-hydrogen) atoms. The summed E-state index contributed by atoms with van der Waals surface area (Å²) < 4.78 is 0. The summed E-state index contributed by atoms with van der Waals surface area (Å²) in [4.78, 5) is 13.0. The fraction of sp³-hybridized carbons (Fsp3) is 0.450. The van der Waals surface area contributed by atoms with E-state index in [2.05, 4.69) is 37.4 Å². The summed E-state index contributed by atoms with van der Waals surface area (Å²) in [6, 6.07) is 3.76. The molecule has 158 valence electrons. The van der Waals surface area contributed by atoms with E-state index in [-0.39, 0.29) is 34.8 Å². The second-order valence-corrected chi connectivity index (χ2v) is 8.63. The highest BCUT2D eigenvalue weighted by atomic mass is 35.5. The van der Waals surface area contributed by atoms with E-state index >= 15 is 0 Å². The lowest BCUT2D eigenvalue weighted by Crippen LogP contribution is -2.51. The number of nitrogens with one attached hydrogen (secondary N) is 2. The van der Waals surface area contributed by atoms with Gasteiger partial charge in [-0.3, -0.25) is 0 Å². The predicted octanol–water partition coefficient (Wildman–Crippen LogP) is 1.61. The monoisotopic (exact) mass is 447 g/mol. The number of aryl methyl sites for hydroxylation is 1. The molecule has 8 nitrogen and oxygen atoms in total. The van der Waals surface area contributed by atoms with E-state index < -0.39 is 17.4 Å². The zero-order valence-corrected chi connectivity index (χ0v) is 18.3. The number of pyridine rings is 1. The Kier molecular flexibility index (Phi) is 5.33. The molecule has 4 unspecified atom stereocenters. The van der Waals surface area contributed by atoms with Crippen molar-refractivity contribution in [3.05, 3.63) is 34.1 Å². The van der Waals surface area contributed by atoms with Crippen molar-refractivity contribution >= 4 is 35.1 Å². The van der Waals surface area contributed by atoms with Gasteiger partial charge in [-0.05, 0) is 38.2 Å². The van der Waals surface area contributed by atoms with Crippen molar-refractivity contribution in [3.8, 4) is 11.8 Å². The Balaban J connectivity index is 1.73. The molecule has 5 N–H and O–H groups in total. The average Bonchev–Trinajstić information content (AvgIpc) is 3.15. The van der Waals surface area contributed by atoms with Crippen LogP contribution in [-0.4, -0.2) is 61.0 Å². The van der Waals surface area contributed by atoms with Crippen LogP contribution in [-0.2, 0) is 0 Å². The first kappa shape index (κ1) is 21.2. The maximum atomic E-state index is 11.0. The molecule has 0 radical (unpaired) electrons. The topological polar surface area (TPSA) is 123 Å². The van der Waals surface area contributed by atoms with Crippen LogP contribution in [0.3, 0.4) is 0 Å². The van der Waals surface area contributed by atoms with E-state index in [1.807, 2.05) is 25.3 Å². The molecule has 2 fully saturated rings. The first-order valence-corrected chi connectivity index (χ1v) is 11.0. The fourth-order valence-electron chi connectivity index (χ4n) is 3.94. The first-order valence-electron chi connectivity index (χ1n) is 9.43. The van der Waals surface area contributed by atoms with Crippen LogP contribution < -0.4 is 10.6 Å². The normalized spacial score (nSPS) is 29.0. The van der Waals surface area contributed by atoms with E-state index in [1.54, 1.807) is 18.8 Å². The van der Waals surface area contributed by atoms with Crippen LogP contribution >= 0.6 is 23.4 Å². The van der Waals surface area contributed by atoms with Crippen LogP contribution in [0.5, 0.6) is 0 Å². The summed E-state index contributed by atoms with van der Waals surface area (Å²) >= 11 is 7.91. The van der Waals surface area contributed by atoms with Crippen LogP contribution in [0.4, 0.5) is 11.8 Å². The molecule has 4 rings (SSSR count). The summed E-state index contributed by atoms with van der Waals surface area (Å²) in [5, 5.41) is 38.4. The third-order valence-corrected chi connectivity index (χ3v) is 6.69. The predicted molar refractivity (Wildman–Crippen MR) is 116 cm³/mol. The largest absolute Gasteiger partial charge is 0.390 e. The molecule has 4 atom stereocenters. The lowest BCUT2D eigenvalue weighted by atomic mass is 10.0. The van der Waals surface area contributed by atoms with Crippen LogP contribution in [0.1, 0.15) is 29.7 Å². The summed E-state index contributed by atoms with van der Waals surface area (Å²) in [7, 11) is 1.64. The zero-order valence-electron chi connectivity index (χ0n) is 16.7. The van der Waals surface area contributed by atoms with Gasteiger partial charge in [0.25, 0.3) is 0 Å². The van der Waals surface area contributed by atoms with Crippen LogP contribution in [0, 0.1) is 24.7 Å². The van der Waals surface area contributed by atoms with Gasteiger partial charge < -0.3 is 26.0 Å². The summed E-state index contributed by atoms with van der Waals surface area (Å²) in [6.45, 7) is 1.87. The minimum absolute atomic E-state index is 0.0946. The van der Waals surface area contributed by atoms with Gasteiger partial charge in [-0.15, -0.1) is 11.8 Å². The second-order valence-electron chi connectivity index (χ2n) is 7.45. The van der Waals surface area contributed by atoms with Crippen LogP contribution in [0.25, 0.3) is 0 Å². The van der Waals surface area contributed by atoms with Crippen molar-refractivity contribution in [2.45, 2.75) is 42.2 Å². The Labute approximate surface area is 183 Å². The van der Waals surface area contributed by atoms with Gasteiger partial charge in [0, 0.05) is 18.5 Å². The van der Waals surface area contributed by atoms with Crippen LogP contribution in [0.2, 0.25) is 5.15 Å². The Morgan fingerprint density at radius 1 is 1.23 bits per heavy atom. The number of halogens is 1. The molecule has 2 heterocycles. The van der Waals surface area contributed by atoms with Crippen molar-refractivity contribution in [1.82, 2.24) is 15.0 Å². The zero-order chi connectivity index (χ0) is 21.7. The standard InChI is InChI=1S/C20H22ClN5O3S/c1-10-11(5-7-14(23-10)30-3)4-6-12-16(21)24-18(22-2)25-17(12)26-19(28)9-8-13-15(27)20(13,19)29/h5,7,13,15,27-29H,8-9H2,1-3H3,(H2,22,24,25,26). The number of aromatic nitrogens is 3. The van der Waals surface area contributed by atoms with E-state index in [4.69, 9.17) is 11.6 Å². The third-order valence-electron chi connectivity index (χ3n) is 5.77. The Hall–Kier alpha value is -2.09. The molecule has 0 bridgehead atoms. The van der Waals surface area contributed by atoms with Crippen molar-refractivity contribution in [3.63, 3.8) is 0 Å². The highest BCUT2D eigenvalue weighted by Gasteiger charge is 2.78. The van der Waals surface area contributed by atoms with Gasteiger partial charge in [-0.1, -0.05) is 23.4 Å². The maximum absolute atomic E-state index is 11.0. The highest BCUT2D eigenvalue weighted by molar-refractivity contribution is 7.98. The summed E-state index contributed by atoms with van der Waals surface area (Å²) in [6.07, 6.45) is 1.72. The molecule has 2 aliphatic carbocycles. The van der Waals surface area contributed by atoms with E-state index in [0.717, 1.165) is 16.3 Å². The molecule has 0 saturated heterocycles. The van der Waals surface area contributed by atoms with E-state index in [9.17, 15) is 15.3 Å².